The van der Waals surface area contributed by atoms with E-state index in [1.54, 1.807) is 31.2 Å². The van der Waals surface area contributed by atoms with Crippen molar-refractivity contribution in [3.05, 3.63) is 29.2 Å². The Balaban J connectivity index is 2.36. The number of nitriles is 1. The smallest absolute Gasteiger partial charge is 0.260 e. The minimum atomic E-state index is -0.316. The number of nitrogens with zero attached hydrogens (tertiary/aromatic N) is 5. The summed E-state index contributed by atoms with van der Waals surface area (Å²) in [5.74, 6) is -0.0584. The van der Waals surface area contributed by atoms with E-state index in [4.69, 9.17) is 5.26 Å². The van der Waals surface area contributed by atoms with Crippen LogP contribution in [0, 0.1) is 11.3 Å². The highest BCUT2D eigenvalue weighted by atomic mass is 16.1. The minimum Gasteiger partial charge on any atom is -0.304 e. The highest BCUT2D eigenvalue weighted by Crippen LogP contribution is 2.25. The molecule has 1 N–H and O–H groups in total. The lowest BCUT2D eigenvalue weighted by molar-refractivity contribution is 0.102. The standard InChI is InChI=1S/C14H18N6O/c1-14(2,3)11-10(8-20(5)17-11)13(21)16-12-9(6-15)7-19(4)18-12/h7-8H,1-5H3,(H,16,18,21). The second kappa shape index (κ2) is 5.05. The van der Waals surface area contributed by atoms with Gasteiger partial charge in [0.25, 0.3) is 5.91 Å². The van der Waals surface area contributed by atoms with Crippen LogP contribution in [0.1, 0.15) is 42.4 Å². The second-order valence-electron chi connectivity index (χ2n) is 5.95. The molecule has 0 saturated carbocycles. The molecular formula is C14H18N6O. The first kappa shape index (κ1) is 14.8. The molecule has 0 aromatic carbocycles. The second-order valence-corrected chi connectivity index (χ2v) is 5.95. The molecule has 0 fully saturated rings. The summed E-state index contributed by atoms with van der Waals surface area (Å²) in [6, 6.07) is 2.00. The molecular weight excluding hydrogens is 268 g/mol. The summed E-state index contributed by atoms with van der Waals surface area (Å²) < 4.78 is 3.10. The Morgan fingerprint density at radius 2 is 1.86 bits per heavy atom. The SMILES string of the molecule is Cn1cc(C#N)c(NC(=O)c2cn(C)nc2C(C)(C)C)n1. The topological polar surface area (TPSA) is 88.5 Å². The van der Waals surface area contributed by atoms with Crippen molar-refractivity contribution in [2.24, 2.45) is 14.1 Å². The maximum absolute atomic E-state index is 12.4. The van der Waals surface area contributed by atoms with Crippen molar-refractivity contribution < 1.29 is 4.79 Å². The Morgan fingerprint density at radius 1 is 1.24 bits per heavy atom. The average molecular weight is 286 g/mol. The predicted octanol–water partition coefficient (Wildman–Crippen LogP) is 1.58. The van der Waals surface area contributed by atoms with Crippen LogP contribution in [-0.4, -0.2) is 25.5 Å². The van der Waals surface area contributed by atoms with Gasteiger partial charge in [0.05, 0.1) is 11.3 Å². The predicted molar refractivity (Wildman–Crippen MR) is 77.8 cm³/mol. The third kappa shape index (κ3) is 2.94. The van der Waals surface area contributed by atoms with Crippen molar-refractivity contribution >= 4 is 11.7 Å². The summed E-state index contributed by atoms with van der Waals surface area (Å²) in [5, 5.41) is 20.1. The molecule has 0 aliphatic rings. The van der Waals surface area contributed by atoms with Crippen molar-refractivity contribution in [2.75, 3.05) is 5.32 Å². The lowest BCUT2D eigenvalue weighted by Gasteiger charge is -2.16. The number of aromatic nitrogens is 4. The van der Waals surface area contributed by atoms with Gasteiger partial charge in [0.2, 0.25) is 0 Å². The number of hydrogen-bond acceptors (Lipinski definition) is 4. The molecule has 0 bridgehead atoms. The third-order valence-electron chi connectivity index (χ3n) is 2.96. The van der Waals surface area contributed by atoms with Crippen LogP contribution >= 0.6 is 0 Å². The summed E-state index contributed by atoms with van der Waals surface area (Å²) >= 11 is 0. The van der Waals surface area contributed by atoms with E-state index in [0.29, 0.717) is 16.8 Å². The van der Waals surface area contributed by atoms with Crippen LogP contribution in [0.4, 0.5) is 5.82 Å². The van der Waals surface area contributed by atoms with Crippen molar-refractivity contribution in [3.8, 4) is 6.07 Å². The van der Waals surface area contributed by atoms with Gasteiger partial charge in [-0.15, -0.1) is 0 Å². The molecule has 0 saturated heterocycles. The van der Waals surface area contributed by atoms with Gasteiger partial charge in [-0.25, -0.2) is 0 Å². The maximum atomic E-state index is 12.4. The molecule has 2 aromatic heterocycles. The van der Waals surface area contributed by atoms with Gasteiger partial charge in [-0.3, -0.25) is 14.2 Å². The fourth-order valence-electron chi connectivity index (χ4n) is 2.05. The van der Waals surface area contributed by atoms with E-state index in [-0.39, 0.29) is 17.1 Å². The van der Waals surface area contributed by atoms with E-state index in [1.807, 2.05) is 26.8 Å². The number of amides is 1. The number of carbonyl (C=O) groups is 1. The number of nitrogens with one attached hydrogen (secondary N) is 1. The van der Waals surface area contributed by atoms with Gasteiger partial charge >= 0.3 is 0 Å². The molecule has 0 radical (unpaired) electrons. The summed E-state index contributed by atoms with van der Waals surface area (Å²) in [7, 11) is 3.47. The highest BCUT2D eigenvalue weighted by Gasteiger charge is 2.26. The maximum Gasteiger partial charge on any atom is 0.260 e. The molecule has 110 valence electrons. The third-order valence-corrected chi connectivity index (χ3v) is 2.96. The summed E-state index contributed by atoms with van der Waals surface area (Å²) in [6.07, 6.45) is 3.23. The Kier molecular flexibility index (Phi) is 3.56. The fraction of sp³-hybridized carbons (Fsp3) is 0.429. The van der Waals surface area contributed by atoms with Crippen LogP contribution in [0.25, 0.3) is 0 Å². The molecule has 2 rings (SSSR count). The van der Waals surface area contributed by atoms with Gasteiger partial charge in [0.15, 0.2) is 5.82 Å². The molecule has 0 aliphatic carbocycles. The molecule has 0 aliphatic heterocycles. The van der Waals surface area contributed by atoms with E-state index in [2.05, 4.69) is 15.5 Å². The van der Waals surface area contributed by atoms with Crippen LogP contribution in [0.2, 0.25) is 0 Å². The Morgan fingerprint density at radius 3 is 2.43 bits per heavy atom. The normalized spacial score (nSPS) is 11.2. The summed E-state index contributed by atoms with van der Waals surface area (Å²) in [4.78, 5) is 12.4. The Bertz CT molecular complexity index is 726. The van der Waals surface area contributed by atoms with E-state index in [1.165, 1.54) is 4.68 Å². The van der Waals surface area contributed by atoms with Gasteiger partial charge in [0, 0.05) is 31.9 Å². The average Bonchev–Trinajstić information content (AvgIpc) is 2.91. The van der Waals surface area contributed by atoms with Crippen LogP contribution in [0.15, 0.2) is 12.4 Å². The van der Waals surface area contributed by atoms with Gasteiger partial charge in [-0.2, -0.15) is 15.5 Å². The van der Waals surface area contributed by atoms with Gasteiger partial charge in [-0.05, 0) is 0 Å². The zero-order chi connectivity index (χ0) is 15.8. The van der Waals surface area contributed by atoms with Crippen LogP contribution < -0.4 is 5.32 Å². The van der Waals surface area contributed by atoms with E-state index < -0.39 is 0 Å². The first-order chi connectivity index (χ1) is 9.72. The molecule has 0 unspecified atom stereocenters. The van der Waals surface area contributed by atoms with E-state index >= 15 is 0 Å². The lowest BCUT2D eigenvalue weighted by atomic mass is 9.89. The molecule has 1 amide bonds. The van der Waals surface area contributed by atoms with Crippen molar-refractivity contribution in [1.82, 2.24) is 19.6 Å². The van der Waals surface area contributed by atoms with Crippen LogP contribution in [0.3, 0.4) is 0 Å². The first-order valence-corrected chi connectivity index (χ1v) is 6.51. The number of hydrogen-bond donors (Lipinski definition) is 1. The number of anilines is 1. The quantitative estimate of drug-likeness (QED) is 0.907. The zero-order valence-corrected chi connectivity index (χ0v) is 12.8. The lowest BCUT2D eigenvalue weighted by Crippen LogP contribution is -2.20. The largest absolute Gasteiger partial charge is 0.304 e. The molecule has 7 heteroatoms. The number of rotatable bonds is 2. The van der Waals surface area contributed by atoms with Crippen molar-refractivity contribution in [1.29, 1.82) is 5.26 Å². The van der Waals surface area contributed by atoms with Crippen LogP contribution in [-0.2, 0) is 19.5 Å². The van der Waals surface area contributed by atoms with E-state index in [9.17, 15) is 4.79 Å². The Hall–Kier alpha value is -2.62. The molecule has 2 aromatic rings. The number of carbonyl (C=O) groups excluding carboxylic acids is 1. The number of aryl methyl sites for hydroxylation is 2. The van der Waals surface area contributed by atoms with Crippen molar-refractivity contribution in [3.63, 3.8) is 0 Å². The molecule has 0 atom stereocenters. The van der Waals surface area contributed by atoms with E-state index in [0.717, 1.165) is 0 Å². The molecule has 0 spiro atoms. The minimum absolute atomic E-state index is 0.254. The Labute approximate surface area is 123 Å². The van der Waals surface area contributed by atoms with Gasteiger partial charge in [-0.1, -0.05) is 20.8 Å². The summed E-state index contributed by atoms with van der Waals surface area (Å²) in [5.41, 5.74) is 1.26. The molecule has 2 heterocycles. The fourth-order valence-corrected chi connectivity index (χ4v) is 2.05. The molecule has 7 nitrogen and oxygen atoms in total. The molecule has 21 heavy (non-hydrogen) atoms. The van der Waals surface area contributed by atoms with Gasteiger partial charge in [0.1, 0.15) is 11.6 Å². The van der Waals surface area contributed by atoms with Crippen LogP contribution in [0.5, 0.6) is 0 Å². The monoisotopic (exact) mass is 286 g/mol. The van der Waals surface area contributed by atoms with Crippen molar-refractivity contribution in [2.45, 2.75) is 26.2 Å². The summed E-state index contributed by atoms with van der Waals surface area (Å²) in [6.45, 7) is 5.98. The zero-order valence-electron chi connectivity index (χ0n) is 12.8. The highest BCUT2D eigenvalue weighted by molar-refractivity contribution is 6.05. The van der Waals surface area contributed by atoms with Gasteiger partial charge < -0.3 is 5.32 Å². The first-order valence-electron chi connectivity index (χ1n) is 6.51.